The molecule has 2 aliphatic rings. The van der Waals surface area contributed by atoms with Gasteiger partial charge < -0.3 is 4.90 Å². The van der Waals surface area contributed by atoms with Gasteiger partial charge in [0.05, 0.1) is 17.5 Å². The van der Waals surface area contributed by atoms with E-state index in [-0.39, 0.29) is 23.5 Å². The minimum atomic E-state index is -2.95. The summed E-state index contributed by atoms with van der Waals surface area (Å²) >= 11 is 0. The van der Waals surface area contributed by atoms with E-state index in [0.29, 0.717) is 19.5 Å². The summed E-state index contributed by atoms with van der Waals surface area (Å²) < 4.78 is 22.9. The normalized spacial score (nSPS) is 25.4. The van der Waals surface area contributed by atoms with E-state index in [1.807, 2.05) is 19.2 Å². The lowest BCUT2D eigenvalue weighted by Crippen LogP contribution is -2.53. The van der Waals surface area contributed by atoms with Crippen LogP contribution in [-0.2, 0) is 27.6 Å². The second-order valence-electron chi connectivity index (χ2n) is 5.88. The van der Waals surface area contributed by atoms with Gasteiger partial charge in [-0.1, -0.05) is 24.3 Å². The Bertz CT molecular complexity index is 643. The number of fused-ring (bicyclic) bond motifs is 1. The van der Waals surface area contributed by atoms with Crippen LogP contribution in [0.1, 0.15) is 11.1 Å². The van der Waals surface area contributed by atoms with Gasteiger partial charge in [-0.3, -0.25) is 9.69 Å². The van der Waals surface area contributed by atoms with E-state index in [2.05, 4.69) is 17.0 Å². The molecular formula is C15H20N2O3S. The number of amides is 1. The maximum absolute atomic E-state index is 12.7. The first kappa shape index (κ1) is 14.5. The van der Waals surface area contributed by atoms with Gasteiger partial charge in [-0.15, -0.1) is 0 Å². The Morgan fingerprint density at radius 3 is 2.43 bits per heavy atom. The molecular weight excluding hydrogens is 288 g/mol. The summed E-state index contributed by atoms with van der Waals surface area (Å²) in [7, 11) is -0.992. The first-order valence-electron chi connectivity index (χ1n) is 7.22. The highest BCUT2D eigenvalue weighted by Gasteiger charge is 2.34. The van der Waals surface area contributed by atoms with Gasteiger partial charge in [0, 0.05) is 19.6 Å². The average molecular weight is 308 g/mol. The van der Waals surface area contributed by atoms with Gasteiger partial charge in [0.15, 0.2) is 9.84 Å². The number of hydrogen-bond donors (Lipinski definition) is 0. The number of benzene rings is 1. The molecule has 5 nitrogen and oxygen atoms in total. The molecule has 0 aromatic heterocycles. The van der Waals surface area contributed by atoms with Crippen molar-refractivity contribution in [3.8, 4) is 0 Å². The predicted octanol–water partition coefficient (Wildman–Crippen LogP) is 0.300. The number of carbonyl (C=O) groups is 1. The van der Waals surface area contributed by atoms with Crippen LogP contribution in [-0.4, -0.2) is 61.8 Å². The van der Waals surface area contributed by atoms with Crippen molar-refractivity contribution in [2.45, 2.75) is 19.0 Å². The summed E-state index contributed by atoms with van der Waals surface area (Å²) in [4.78, 5) is 16.4. The van der Waals surface area contributed by atoms with Gasteiger partial charge >= 0.3 is 0 Å². The van der Waals surface area contributed by atoms with E-state index in [1.54, 1.807) is 4.90 Å². The largest absolute Gasteiger partial charge is 0.339 e. The third-order valence-electron chi connectivity index (χ3n) is 4.42. The smallest absolute Gasteiger partial charge is 0.240 e. The zero-order valence-electron chi connectivity index (χ0n) is 12.2. The monoisotopic (exact) mass is 308 g/mol. The van der Waals surface area contributed by atoms with Crippen LogP contribution in [0.2, 0.25) is 0 Å². The number of carbonyl (C=O) groups excluding carboxylic acids is 1. The molecule has 1 amide bonds. The van der Waals surface area contributed by atoms with Crippen molar-refractivity contribution < 1.29 is 13.2 Å². The molecule has 2 heterocycles. The molecule has 6 heteroatoms. The van der Waals surface area contributed by atoms with Gasteiger partial charge in [0.2, 0.25) is 5.91 Å². The molecule has 114 valence electrons. The minimum Gasteiger partial charge on any atom is -0.339 e. The molecule has 1 saturated heterocycles. The molecule has 0 unspecified atom stereocenters. The molecule has 0 aliphatic carbocycles. The quantitative estimate of drug-likeness (QED) is 0.749. The highest BCUT2D eigenvalue weighted by atomic mass is 32.2. The Hall–Kier alpha value is -1.40. The molecule has 2 aliphatic heterocycles. The molecule has 0 saturated carbocycles. The molecule has 0 radical (unpaired) electrons. The summed E-state index contributed by atoms with van der Waals surface area (Å²) in [5, 5.41) is 0. The Morgan fingerprint density at radius 1 is 1.14 bits per heavy atom. The molecule has 0 bridgehead atoms. The fourth-order valence-electron chi connectivity index (χ4n) is 3.07. The zero-order valence-corrected chi connectivity index (χ0v) is 13.0. The molecule has 1 atom stereocenters. The summed E-state index contributed by atoms with van der Waals surface area (Å²) in [5.74, 6) is 0.235. The second-order valence-corrected chi connectivity index (χ2v) is 8.18. The van der Waals surface area contributed by atoms with E-state index in [4.69, 9.17) is 0 Å². The second kappa shape index (κ2) is 5.42. The molecule has 1 fully saturated rings. The molecule has 0 N–H and O–H groups in total. The summed E-state index contributed by atoms with van der Waals surface area (Å²) in [6, 6.07) is 8.01. The van der Waals surface area contributed by atoms with Gasteiger partial charge in [0.25, 0.3) is 0 Å². The molecule has 21 heavy (non-hydrogen) atoms. The lowest BCUT2D eigenvalue weighted by Gasteiger charge is -2.37. The molecule has 0 spiro atoms. The van der Waals surface area contributed by atoms with E-state index < -0.39 is 9.84 Å². The first-order valence-corrected chi connectivity index (χ1v) is 9.05. The fourth-order valence-corrected chi connectivity index (χ4v) is 4.27. The maximum Gasteiger partial charge on any atom is 0.240 e. The van der Waals surface area contributed by atoms with Crippen molar-refractivity contribution >= 4 is 15.7 Å². The van der Waals surface area contributed by atoms with Crippen LogP contribution in [0.25, 0.3) is 0 Å². The fraction of sp³-hybridized carbons (Fsp3) is 0.533. The van der Waals surface area contributed by atoms with E-state index >= 15 is 0 Å². The number of hydrogen-bond acceptors (Lipinski definition) is 4. The third kappa shape index (κ3) is 2.96. The lowest BCUT2D eigenvalue weighted by molar-refractivity contribution is -0.136. The van der Waals surface area contributed by atoms with Crippen LogP contribution < -0.4 is 0 Å². The van der Waals surface area contributed by atoms with Crippen molar-refractivity contribution in [2.75, 3.05) is 31.6 Å². The Balaban J connectivity index is 1.74. The summed E-state index contributed by atoms with van der Waals surface area (Å²) in [6.45, 7) is 1.42. The van der Waals surface area contributed by atoms with Crippen LogP contribution in [0.5, 0.6) is 0 Å². The van der Waals surface area contributed by atoms with Crippen molar-refractivity contribution in [1.29, 1.82) is 0 Å². The summed E-state index contributed by atoms with van der Waals surface area (Å²) in [5.41, 5.74) is 2.49. The number of likely N-dealkylation sites (N-methyl/N-ethyl adjacent to an activating group) is 1. The van der Waals surface area contributed by atoms with E-state index in [1.165, 1.54) is 11.1 Å². The molecule has 1 aromatic rings. The van der Waals surface area contributed by atoms with Crippen LogP contribution in [0.15, 0.2) is 24.3 Å². The number of rotatable bonds is 1. The standard InChI is InChI=1S/C15H20N2O3S/c1-16-11-13-5-3-2-4-12(13)10-14(16)15(18)17-6-8-21(19,20)9-7-17/h2-5,14H,6-11H2,1H3/t14-/m0/s1. The number of sulfone groups is 1. The van der Waals surface area contributed by atoms with Crippen LogP contribution in [0, 0.1) is 0 Å². The van der Waals surface area contributed by atoms with Crippen molar-refractivity contribution in [3.63, 3.8) is 0 Å². The van der Waals surface area contributed by atoms with Crippen LogP contribution in [0.4, 0.5) is 0 Å². The average Bonchev–Trinajstić information content (AvgIpc) is 2.46. The van der Waals surface area contributed by atoms with Gasteiger partial charge in [0.1, 0.15) is 0 Å². The van der Waals surface area contributed by atoms with Gasteiger partial charge in [-0.05, 0) is 24.6 Å². The van der Waals surface area contributed by atoms with E-state index in [0.717, 1.165) is 6.54 Å². The van der Waals surface area contributed by atoms with E-state index in [9.17, 15) is 13.2 Å². The topological polar surface area (TPSA) is 57.7 Å². The SMILES string of the molecule is CN1Cc2ccccc2C[C@H]1C(=O)N1CCS(=O)(=O)CC1. The zero-order chi connectivity index (χ0) is 15.0. The minimum absolute atomic E-state index is 0.0573. The van der Waals surface area contributed by atoms with Crippen molar-refractivity contribution in [2.24, 2.45) is 0 Å². The number of nitrogens with zero attached hydrogens (tertiary/aromatic N) is 2. The maximum atomic E-state index is 12.7. The highest BCUT2D eigenvalue weighted by molar-refractivity contribution is 7.91. The Morgan fingerprint density at radius 2 is 1.76 bits per heavy atom. The third-order valence-corrected chi connectivity index (χ3v) is 6.03. The molecule has 3 rings (SSSR count). The van der Waals surface area contributed by atoms with Gasteiger partial charge in [-0.25, -0.2) is 8.42 Å². The lowest BCUT2D eigenvalue weighted by atomic mass is 9.93. The summed E-state index contributed by atoms with van der Waals surface area (Å²) in [6.07, 6.45) is 0.703. The predicted molar refractivity (Wildman–Crippen MR) is 80.6 cm³/mol. The van der Waals surface area contributed by atoms with Crippen molar-refractivity contribution in [1.82, 2.24) is 9.80 Å². The Labute approximate surface area is 125 Å². The van der Waals surface area contributed by atoms with Gasteiger partial charge in [-0.2, -0.15) is 0 Å². The highest BCUT2D eigenvalue weighted by Crippen LogP contribution is 2.23. The first-order chi connectivity index (χ1) is 9.96. The Kier molecular flexibility index (Phi) is 3.75. The van der Waals surface area contributed by atoms with Crippen LogP contribution in [0.3, 0.4) is 0 Å². The van der Waals surface area contributed by atoms with Crippen LogP contribution >= 0.6 is 0 Å². The van der Waals surface area contributed by atoms with Crippen molar-refractivity contribution in [3.05, 3.63) is 35.4 Å². The molecule has 1 aromatic carbocycles.